The van der Waals surface area contributed by atoms with Crippen LogP contribution in [-0.4, -0.2) is 9.97 Å². The van der Waals surface area contributed by atoms with Crippen LogP contribution >= 0.6 is 15.9 Å². The zero-order chi connectivity index (χ0) is 21.8. The largest absolute Gasteiger partial charge is 0.457 e. The number of rotatable bonds is 6. The summed E-state index contributed by atoms with van der Waals surface area (Å²) in [5.74, 6) is 2.45. The van der Waals surface area contributed by atoms with E-state index in [1.54, 1.807) is 6.20 Å². The van der Waals surface area contributed by atoms with Crippen LogP contribution in [0.4, 0.5) is 0 Å². The van der Waals surface area contributed by atoms with Crippen molar-refractivity contribution in [1.29, 1.82) is 0 Å². The van der Waals surface area contributed by atoms with Crippen LogP contribution < -0.4 is 4.74 Å². The maximum Gasteiger partial charge on any atom is 0.127 e. The van der Waals surface area contributed by atoms with Gasteiger partial charge in [-0.05, 0) is 53.1 Å². The summed E-state index contributed by atoms with van der Waals surface area (Å²) in [6, 6.07) is 37.1. The second kappa shape index (κ2) is 8.85. The number of nitrogens with zero attached hydrogens (tertiary/aromatic N) is 1. The summed E-state index contributed by atoms with van der Waals surface area (Å²) < 4.78 is 7.08. The highest BCUT2D eigenvalue weighted by molar-refractivity contribution is 9.10. The average molecular weight is 481 g/mol. The summed E-state index contributed by atoms with van der Waals surface area (Å²) in [6.07, 6.45) is 3.68. The van der Waals surface area contributed by atoms with Gasteiger partial charge in [-0.2, -0.15) is 0 Å². The third-order valence-electron chi connectivity index (χ3n) is 5.60. The first-order valence-corrected chi connectivity index (χ1v) is 11.2. The average Bonchev–Trinajstić information content (AvgIpc) is 3.39. The predicted molar refractivity (Wildman–Crippen MR) is 131 cm³/mol. The lowest BCUT2D eigenvalue weighted by atomic mass is 9.69. The SMILES string of the molecule is Brc1ccc(Oc2ccc(C(c3ccccc3)(c3ccccc3)c3ncc[nH]3)cc2)cc1. The first-order valence-electron chi connectivity index (χ1n) is 10.4. The molecule has 1 aromatic heterocycles. The molecule has 0 aliphatic carbocycles. The minimum atomic E-state index is -0.581. The number of halogens is 1. The summed E-state index contributed by atoms with van der Waals surface area (Å²) in [5, 5.41) is 0. The van der Waals surface area contributed by atoms with Gasteiger partial charge in [-0.3, -0.25) is 0 Å². The molecule has 0 fully saturated rings. The number of benzene rings is 4. The minimum absolute atomic E-state index is 0.581. The fourth-order valence-electron chi connectivity index (χ4n) is 4.17. The Hall–Kier alpha value is -3.63. The molecule has 0 saturated carbocycles. The highest BCUT2D eigenvalue weighted by Gasteiger charge is 2.40. The summed E-state index contributed by atoms with van der Waals surface area (Å²) in [4.78, 5) is 8.11. The fraction of sp³-hybridized carbons (Fsp3) is 0.0357. The number of hydrogen-bond acceptors (Lipinski definition) is 2. The molecule has 156 valence electrons. The van der Waals surface area contributed by atoms with Gasteiger partial charge in [0.25, 0.3) is 0 Å². The molecule has 3 nitrogen and oxygen atoms in total. The number of nitrogens with one attached hydrogen (secondary N) is 1. The Balaban J connectivity index is 1.65. The Bertz CT molecular complexity index is 1230. The van der Waals surface area contributed by atoms with E-state index in [4.69, 9.17) is 9.72 Å². The van der Waals surface area contributed by atoms with Crippen molar-refractivity contribution < 1.29 is 4.74 Å². The van der Waals surface area contributed by atoms with E-state index < -0.39 is 5.41 Å². The van der Waals surface area contributed by atoms with Crippen LogP contribution in [0.1, 0.15) is 22.5 Å². The number of ether oxygens (including phenoxy) is 1. The quantitative estimate of drug-likeness (QED) is 0.258. The summed E-state index contributed by atoms with van der Waals surface area (Å²) >= 11 is 3.46. The van der Waals surface area contributed by atoms with Crippen LogP contribution in [0.15, 0.2) is 126 Å². The van der Waals surface area contributed by atoms with Crippen LogP contribution in [0.2, 0.25) is 0 Å². The number of imidazole rings is 1. The van der Waals surface area contributed by atoms with Gasteiger partial charge < -0.3 is 9.72 Å². The molecule has 0 spiro atoms. The van der Waals surface area contributed by atoms with Crippen LogP contribution in [0.5, 0.6) is 11.5 Å². The fourth-order valence-corrected chi connectivity index (χ4v) is 4.43. The molecular weight excluding hydrogens is 460 g/mol. The Morgan fingerprint density at radius 3 is 1.62 bits per heavy atom. The van der Waals surface area contributed by atoms with E-state index in [0.29, 0.717) is 0 Å². The number of H-pyrrole nitrogens is 1. The van der Waals surface area contributed by atoms with Gasteiger partial charge in [0.05, 0.1) is 0 Å². The molecular formula is C28H21BrN2O. The van der Waals surface area contributed by atoms with Crippen molar-refractivity contribution in [2.45, 2.75) is 5.41 Å². The van der Waals surface area contributed by atoms with Crippen molar-refractivity contribution in [2.24, 2.45) is 0 Å². The van der Waals surface area contributed by atoms with E-state index in [1.165, 1.54) is 0 Å². The zero-order valence-electron chi connectivity index (χ0n) is 17.3. The molecule has 0 atom stereocenters. The lowest BCUT2D eigenvalue weighted by Gasteiger charge is -2.34. The highest BCUT2D eigenvalue weighted by Crippen LogP contribution is 2.44. The highest BCUT2D eigenvalue weighted by atomic mass is 79.9. The third-order valence-corrected chi connectivity index (χ3v) is 6.13. The summed E-state index contributed by atoms with van der Waals surface area (Å²) in [7, 11) is 0. The Morgan fingerprint density at radius 1 is 0.625 bits per heavy atom. The van der Waals surface area contributed by atoms with E-state index in [0.717, 1.165) is 38.5 Å². The molecule has 0 radical (unpaired) electrons. The molecule has 0 saturated heterocycles. The minimum Gasteiger partial charge on any atom is -0.457 e. The predicted octanol–water partition coefficient (Wildman–Crippen LogP) is 7.35. The van der Waals surface area contributed by atoms with Gasteiger partial charge >= 0.3 is 0 Å². The first-order chi connectivity index (χ1) is 15.8. The second-order valence-corrected chi connectivity index (χ2v) is 8.42. The van der Waals surface area contributed by atoms with E-state index in [2.05, 4.69) is 81.6 Å². The van der Waals surface area contributed by atoms with Crippen molar-refractivity contribution in [3.8, 4) is 11.5 Å². The van der Waals surface area contributed by atoms with Crippen LogP contribution in [0, 0.1) is 0 Å². The summed E-state index contributed by atoms with van der Waals surface area (Å²) in [5.41, 5.74) is 2.81. The van der Waals surface area contributed by atoms with Crippen molar-refractivity contribution in [3.05, 3.63) is 149 Å². The van der Waals surface area contributed by atoms with E-state index in [-0.39, 0.29) is 0 Å². The number of aromatic nitrogens is 2. The standard InChI is InChI=1S/C28H21BrN2O/c29-24-13-17-26(18-14-24)32-25-15-11-23(12-16-25)28(27-30-19-20-31-27,21-7-3-1-4-8-21)22-9-5-2-6-10-22/h1-20H,(H,30,31). The van der Waals surface area contributed by atoms with Crippen molar-refractivity contribution >= 4 is 15.9 Å². The lowest BCUT2D eigenvalue weighted by Crippen LogP contribution is -2.32. The van der Waals surface area contributed by atoms with Gasteiger partial charge in [0.1, 0.15) is 22.7 Å². The third kappa shape index (κ3) is 3.74. The zero-order valence-corrected chi connectivity index (χ0v) is 18.9. The van der Waals surface area contributed by atoms with E-state index in [1.807, 2.05) is 54.7 Å². The maximum absolute atomic E-state index is 6.06. The van der Waals surface area contributed by atoms with Gasteiger partial charge in [-0.15, -0.1) is 0 Å². The Morgan fingerprint density at radius 2 is 1.12 bits per heavy atom. The topological polar surface area (TPSA) is 37.9 Å². The molecule has 5 rings (SSSR count). The molecule has 4 aromatic carbocycles. The molecule has 5 aromatic rings. The Labute approximate surface area is 195 Å². The van der Waals surface area contributed by atoms with Gasteiger partial charge in [0.2, 0.25) is 0 Å². The van der Waals surface area contributed by atoms with Gasteiger partial charge in [0, 0.05) is 16.9 Å². The molecule has 0 aliphatic rings. The number of aromatic amines is 1. The van der Waals surface area contributed by atoms with Crippen LogP contribution in [-0.2, 0) is 5.41 Å². The van der Waals surface area contributed by atoms with Gasteiger partial charge in [-0.1, -0.05) is 88.7 Å². The lowest BCUT2D eigenvalue weighted by molar-refractivity contribution is 0.482. The number of hydrogen-bond donors (Lipinski definition) is 1. The summed E-state index contributed by atoms with van der Waals surface area (Å²) in [6.45, 7) is 0. The second-order valence-electron chi connectivity index (χ2n) is 7.50. The van der Waals surface area contributed by atoms with Crippen LogP contribution in [0.3, 0.4) is 0 Å². The van der Waals surface area contributed by atoms with Gasteiger partial charge in [0.15, 0.2) is 0 Å². The molecule has 0 bridgehead atoms. The molecule has 0 aliphatic heterocycles. The molecule has 1 heterocycles. The molecule has 1 N–H and O–H groups in total. The van der Waals surface area contributed by atoms with Crippen molar-refractivity contribution in [1.82, 2.24) is 9.97 Å². The van der Waals surface area contributed by atoms with E-state index in [9.17, 15) is 0 Å². The van der Waals surface area contributed by atoms with Gasteiger partial charge in [-0.25, -0.2) is 4.98 Å². The normalized spacial score (nSPS) is 11.3. The molecule has 0 amide bonds. The molecule has 32 heavy (non-hydrogen) atoms. The molecule has 0 unspecified atom stereocenters. The Kier molecular flexibility index (Phi) is 5.61. The van der Waals surface area contributed by atoms with E-state index >= 15 is 0 Å². The van der Waals surface area contributed by atoms with Crippen molar-refractivity contribution in [2.75, 3.05) is 0 Å². The van der Waals surface area contributed by atoms with Crippen molar-refractivity contribution in [3.63, 3.8) is 0 Å². The first kappa shape index (κ1) is 20.3. The van der Waals surface area contributed by atoms with Crippen LogP contribution in [0.25, 0.3) is 0 Å². The monoisotopic (exact) mass is 480 g/mol. The molecule has 4 heteroatoms. The maximum atomic E-state index is 6.06. The smallest absolute Gasteiger partial charge is 0.127 e.